The summed E-state index contributed by atoms with van der Waals surface area (Å²) in [6.07, 6.45) is 0.602. The molecule has 0 saturated carbocycles. The van der Waals surface area contributed by atoms with Crippen LogP contribution in [0.2, 0.25) is 0 Å². The van der Waals surface area contributed by atoms with E-state index in [1.807, 2.05) is 36.4 Å². The molecule has 3 heterocycles. The van der Waals surface area contributed by atoms with Gasteiger partial charge in [-0.2, -0.15) is 5.10 Å². The number of thioether (sulfide) groups is 1. The van der Waals surface area contributed by atoms with Gasteiger partial charge in [0.2, 0.25) is 0 Å². The van der Waals surface area contributed by atoms with Crippen LogP contribution < -0.4 is 5.56 Å². The normalized spacial score (nSPS) is 16.1. The smallest absolute Gasteiger partial charge is 0.319 e. The van der Waals surface area contributed by atoms with E-state index in [-0.39, 0.29) is 27.9 Å². The monoisotopic (exact) mass is 420 g/mol. The Bertz CT molecular complexity index is 1290. The number of rotatable bonds is 5. The van der Waals surface area contributed by atoms with Crippen LogP contribution in [0.1, 0.15) is 12.0 Å². The molecular weight excluding hydrogens is 404 g/mol. The van der Waals surface area contributed by atoms with Gasteiger partial charge in [-0.25, -0.2) is 4.68 Å². The molecule has 1 saturated heterocycles. The summed E-state index contributed by atoms with van der Waals surface area (Å²) in [5.74, 6) is -0.0818. The summed E-state index contributed by atoms with van der Waals surface area (Å²) in [5.41, 5.74) is 1.19. The molecule has 1 atom stereocenters. The van der Waals surface area contributed by atoms with Gasteiger partial charge in [-0.1, -0.05) is 48.5 Å². The summed E-state index contributed by atoms with van der Waals surface area (Å²) in [4.78, 5) is 24.7. The molecule has 2 aromatic carbocycles. The molecule has 5 rings (SSSR count). The lowest BCUT2D eigenvalue weighted by Crippen LogP contribution is -2.24. The van der Waals surface area contributed by atoms with Crippen LogP contribution in [-0.2, 0) is 16.1 Å². The highest BCUT2D eigenvalue weighted by atomic mass is 32.2. The third-order valence-electron chi connectivity index (χ3n) is 4.78. The van der Waals surface area contributed by atoms with Crippen LogP contribution in [-0.4, -0.2) is 37.8 Å². The number of cyclic esters (lactones) is 1. The molecule has 0 radical (unpaired) electrons. The van der Waals surface area contributed by atoms with Gasteiger partial charge in [0.15, 0.2) is 5.69 Å². The summed E-state index contributed by atoms with van der Waals surface area (Å²) in [5, 5.41) is 13.8. The maximum absolute atomic E-state index is 13.0. The fourth-order valence-electron chi connectivity index (χ4n) is 3.32. The van der Waals surface area contributed by atoms with Crippen LogP contribution in [0.4, 0.5) is 0 Å². The summed E-state index contributed by atoms with van der Waals surface area (Å²) in [6.45, 7) is 0.718. The zero-order valence-electron chi connectivity index (χ0n) is 15.7. The predicted octanol–water partition coefficient (Wildman–Crippen LogP) is 2.90. The lowest BCUT2D eigenvalue weighted by atomic mass is 10.1. The predicted molar refractivity (Wildman–Crippen MR) is 110 cm³/mol. The number of ether oxygens (including phenoxy) is 1. The molecule has 2 aromatic heterocycles. The van der Waals surface area contributed by atoms with Crippen LogP contribution in [0.3, 0.4) is 0 Å². The molecule has 1 aliphatic heterocycles. The van der Waals surface area contributed by atoms with Gasteiger partial charge in [0.05, 0.1) is 18.5 Å². The number of hydrogen-bond acceptors (Lipinski definition) is 8. The van der Waals surface area contributed by atoms with Crippen molar-refractivity contribution >= 4 is 28.5 Å². The first kappa shape index (κ1) is 18.6. The van der Waals surface area contributed by atoms with Gasteiger partial charge in [0, 0.05) is 11.8 Å². The van der Waals surface area contributed by atoms with Crippen LogP contribution in [0.25, 0.3) is 22.4 Å². The van der Waals surface area contributed by atoms with E-state index in [0.29, 0.717) is 36.0 Å². The van der Waals surface area contributed by atoms with E-state index < -0.39 is 0 Å². The molecule has 0 aliphatic carbocycles. The Morgan fingerprint density at radius 3 is 2.53 bits per heavy atom. The first-order valence-electron chi connectivity index (χ1n) is 9.40. The van der Waals surface area contributed by atoms with E-state index >= 15 is 0 Å². The molecule has 9 heteroatoms. The Hall–Kier alpha value is -3.46. The number of esters is 1. The summed E-state index contributed by atoms with van der Waals surface area (Å²) in [7, 11) is 0. The maximum atomic E-state index is 13.0. The van der Waals surface area contributed by atoms with Gasteiger partial charge in [-0.3, -0.25) is 9.59 Å². The van der Waals surface area contributed by atoms with Gasteiger partial charge in [-0.05, 0) is 23.4 Å². The van der Waals surface area contributed by atoms with Gasteiger partial charge >= 0.3 is 5.97 Å². The number of aromatic nitrogens is 4. The van der Waals surface area contributed by atoms with Crippen molar-refractivity contribution in [1.29, 1.82) is 0 Å². The molecular formula is C21H16N4O4S. The number of carbonyl (C=O) groups is 1. The first-order valence-corrected chi connectivity index (χ1v) is 10.3. The fraction of sp³-hybridized carbons (Fsp3) is 0.190. The SMILES string of the molecule is O=C1OCC[C@@H]1Sc1nnc(-c2nn(Cc3ccccc3)c(=O)c3ccccc23)o1. The zero-order valence-corrected chi connectivity index (χ0v) is 16.5. The van der Waals surface area contributed by atoms with Gasteiger partial charge in [0.25, 0.3) is 16.7 Å². The molecule has 8 nitrogen and oxygen atoms in total. The lowest BCUT2D eigenvalue weighted by molar-refractivity contribution is -0.137. The molecule has 150 valence electrons. The highest BCUT2D eigenvalue weighted by molar-refractivity contribution is 8.00. The maximum Gasteiger partial charge on any atom is 0.319 e. The average Bonchev–Trinajstić information content (AvgIpc) is 3.40. The highest BCUT2D eigenvalue weighted by Gasteiger charge is 2.30. The molecule has 0 amide bonds. The summed E-state index contributed by atoms with van der Waals surface area (Å²) < 4.78 is 12.2. The molecule has 1 fully saturated rings. The Morgan fingerprint density at radius 2 is 1.77 bits per heavy atom. The zero-order chi connectivity index (χ0) is 20.5. The van der Waals surface area contributed by atoms with Crippen molar-refractivity contribution in [3.8, 4) is 11.6 Å². The second-order valence-corrected chi connectivity index (χ2v) is 7.93. The first-order chi connectivity index (χ1) is 14.7. The quantitative estimate of drug-likeness (QED) is 0.455. The van der Waals surface area contributed by atoms with Crippen molar-refractivity contribution in [3.05, 3.63) is 70.5 Å². The number of fused-ring (bicyclic) bond motifs is 1. The van der Waals surface area contributed by atoms with E-state index in [1.54, 1.807) is 18.2 Å². The number of benzene rings is 2. The molecule has 0 bridgehead atoms. The molecule has 1 aliphatic rings. The van der Waals surface area contributed by atoms with E-state index in [1.165, 1.54) is 16.4 Å². The Morgan fingerprint density at radius 1 is 1.00 bits per heavy atom. The van der Waals surface area contributed by atoms with Crippen molar-refractivity contribution in [1.82, 2.24) is 20.0 Å². The molecule has 0 unspecified atom stereocenters. The minimum absolute atomic E-state index is 0.194. The van der Waals surface area contributed by atoms with Crippen molar-refractivity contribution in [2.24, 2.45) is 0 Å². The number of carbonyl (C=O) groups excluding carboxylic acids is 1. The van der Waals surface area contributed by atoms with Gasteiger partial charge < -0.3 is 9.15 Å². The average molecular weight is 420 g/mol. The van der Waals surface area contributed by atoms with Crippen LogP contribution >= 0.6 is 11.8 Å². The third kappa shape index (κ3) is 3.48. The standard InChI is InChI=1S/C21H16N4O4S/c26-19-15-9-5-4-8-14(15)17(24-25(19)12-13-6-2-1-3-7-13)18-22-23-21(29-18)30-16-10-11-28-20(16)27/h1-9,16H,10-12H2/t16-/m0/s1. The fourth-order valence-corrected chi connectivity index (χ4v) is 4.15. The van der Waals surface area contributed by atoms with E-state index in [9.17, 15) is 9.59 Å². The van der Waals surface area contributed by atoms with E-state index in [4.69, 9.17) is 9.15 Å². The topological polar surface area (TPSA) is 100 Å². The largest absolute Gasteiger partial charge is 0.465 e. The second-order valence-electron chi connectivity index (χ2n) is 6.78. The van der Waals surface area contributed by atoms with E-state index in [0.717, 1.165) is 5.56 Å². The van der Waals surface area contributed by atoms with Crippen molar-refractivity contribution < 1.29 is 13.9 Å². The highest BCUT2D eigenvalue weighted by Crippen LogP contribution is 2.31. The Balaban J connectivity index is 1.56. The summed E-state index contributed by atoms with van der Waals surface area (Å²) >= 11 is 1.18. The van der Waals surface area contributed by atoms with Crippen molar-refractivity contribution in [3.63, 3.8) is 0 Å². The molecule has 0 N–H and O–H groups in total. The van der Waals surface area contributed by atoms with Crippen molar-refractivity contribution in [2.45, 2.75) is 23.4 Å². The van der Waals surface area contributed by atoms with Crippen molar-refractivity contribution in [2.75, 3.05) is 6.61 Å². The second kappa shape index (κ2) is 7.75. The molecule has 0 spiro atoms. The third-order valence-corrected chi connectivity index (χ3v) is 5.86. The van der Waals surface area contributed by atoms with Gasteiger partial charge in [0.1, 0.15) is 5.25 Å². The summed E-state index contributed by atoms with van der Waals surface area (Å²) in [6, 6.07) is 16.8. The molecule has 30 heavy (non-hydrogen) atoms. The van der Waals surface area contributed by atoms with Crippen LogP contribution in [0.15, 0.2) is 69.0 Å². The Labute approximate surface area is 174 Å². The lowest BCUT2D eigenvalue weighted by Gasteiger charge is -2.09. The minimum Gasteiger partial charge on any atom is -0.465 e. The van der Waals surface area contributed by atoms with Gasteiger partial charge in [-0.15, -0.1) is 10.2 Å². The van der Waals surface area contributed by atoms with E-state index in [2.05, 4.69) is 15.3 Å². The minimum atomic E-state index is -0.352. The van der Waals surface area contributed by atoms with Crippen LogP contribution in [0.5, 0.6) is 0 Å². The Kier molecular flexibility index (Phi) is 4.80. The molecule has 4 aromatic rings. The van der Waals surface area contributed by atoms with Crippen LogP contribution in [0, 0.1) is 0 Å². The number of hydrogen-bond donors (Lipinski definition) is 0. The number of nitrogens with zero attached hydrogens (tertiary/aromatic N) is 4.